The Morgan fingerprint density at radius 1 is 1.40 bits per heavy atom. The highest BCUT2D eigenvalue weighted by Gasteiger charge is 2.39. The van der Waals surface area contributed by atoms with Crippen molar-refractivity contribution in [3.8, 4) is 0 Å². The molecule has 1 fully saturated rings. The molecule has 1 aromatic carbocycles. The molecule has 3 rings (SSSR count). The van der Waals surface area contributed by atoms with E-state index in [1.807, 2.05) is 0 Å². The number of hydrogen-bond acceptors (Lipinski definition) is 4. The van der Waals surface area contributed by atoms with Gasteiger partial charge in [-0.2, -0.15) is 5.10 Å². The molecule has 0 bridgehead atoms. The van der Waals surface area contributed by atoms with E-state index in [9.17, 15) is 14.7 Å². The zero-order chi connectivity index (χ0) is 14.3. The number of carboxylic acids is 1. The summed E-state index contributed by atoms with van der Waals surface area (Å²) in [6, 6.07) is 4.03. The van der Waals surface area contributed by atoms with Crippen molar-refractivity contribution in [1.29, 1.82) is 0 Å². The van der Waals surface area contributed by atoms with E-state index in [1.54, 1.807) is 24.4 Å². The van der Waals surface area contributed by atoms with Crippen LogP contribution in [0.15, 0.2) is 24.4 Å². The minimum absolute atomic E-state index is 0.0385. The fourth-order valence-corrected chi connectivity index (χ4v) is 2.51. The van der Waals surface area contributed by atoms with Crippen LogP contribution in [0.3, 0.4) is 0 Å². The number of carbonyl (C=O) groups excluding carboxylic acids is 1. The largest absolute Gasteiger partial charge is 0.480 e. The van der Waals surface area contributed by atoms with Crippen molar-refractivity contribution in [3.63, 3.8) is 0 Å². The molecule has 1 amide bonds. The van der Waals surface area contributed by atoms with Gasteiger partial charge in [-0.25, -0.2) is 4.79 Å². The minimum atomic E-state index is -1.10. The molecule has 2 atom stereocenters. The Morgan fingerprint density at radius 3 is 2.95 bits per heavy atom. The lowest BCUT2D eigenvalue weighted by Crippen LogP contribution is -2.40. The van der Waals surface area contributed by atoms with Gasteiger partial charge in [-0.3, -0.25) is 9.89 Å². The van der Waals surface area contributed by atoms with Crippen LogP contribution in [-0.4, -0.2) is 55.9 Å². The van der Waals surface area contributed by atoms with Crippen LogP contribution < -0.4 is 0 Å². The molecule has 1 saturated heterocycles. The van der Waals surface area contributed by atoms with E-state index in [1.165, 1.54) is 4.90 Å². The van der Waals surface area contributed by atoms with Gasteiger partial charge in [-0.15, -0.1) is 0 Å². The number of carboxylic acid groups (broad SMARTS) is 1. The van der Waals surface area contributed by atoms with Gasteiger partial charge in [0.25, 0.3) is 5.91 Å². The van der Waals surface area contributed by atoms with Crippen molar-refractivity contribution < 1.29 is 19.8 Å². The summed E-state index contributed by atoms with van der Waals surface area (Å²) in [4.78, 5) is 24.7. The normalized spacial score (nSPS) is 22.4. The summed E-state index contributed by atoms with van der Waals surface area (Å²) in [6.45, 7) is 0.0385. The number of aliphatic hydroxyl groups excluding tert-OH is 1. The summed E-state index contributed by atoms with van der Waals surface area (Å²) in [5.41, 5.74) is 1.09. The van der Waals surface area contributed by atoms with E-state index in [-0.39, 0.29) is 13.0 Å². The number of H-pyrrole nitrogens is 1. The van der Waals surface area contributed by atoms with Crippen molar-refractivity contribution in [3.05, 3.63) is 30.0 Å². The number of benzene rings is 1. The van der Waals surface area contributed by atoms with Gasteiger partial charge < -0.3 is 15.1 Å². The number of aromatic amines is 1. The molecule has 7 heteroatoms. The number of aromatic nitrogens is 2. The first-order valence-corrected chi connectivity index (χ1v) is 6.21. The summed E-state index contributed by atoms with van der Waals surface area (Å²) in [6.07, 6.45) is 0.910. The van der Waals surface area contributed by atoms with Crippen LogP contribution in [-0.2, 0) is 4.79 Å². The predicted molar refractivity (Wildman–Crippen MR) is 69.2 cm³/mol. The van der Waals surface area contributed by atoms with Crippen molar-refractivity contribution in [1.82, 2.24) is 15.1 Å². The van der Waals surface area contributed by atoms with E-state index < -0.39 is 24.0 Å². The zero-order valence-corrected chi connectivity index (χ0v) is 10.5. The first-order valence-electron chi connectivity index (χ1n) is 6.21. The van der Waals surface area contributed by atoms with E-state index in [0.29, 0.717) is 11.1 Å². The van der Waals surface area contributed by atoms with E-state index in [4.69, 9.17) is 5.11 Å². The van der Waals surface area contributed by atoms with Gasteiger partial charge in [0.05, 0.1) is 17.8 Å². The van der Waals surface area contributed by atoms with Crippen molar-refractivity contribution in [2.45, 2.75) is 18.6 Å². The van der Waals surface area contributed by atoms with Gasteiger partial charge in [0, 0.05) is 23.9 Å². The van der Waals surface area contributed by atoms with E-state index >= 15 is 0 Å². The first kappa shape index (κ1) is 12.6. The van der Waals surface area contributed by atoms with Crippen molar-refractivity contribution in [2.75, 3.05) is 6.54 Å². The van der Waals surface area contributed by atoms with Crippen LogP contribution >= 0.6 is 0 Å². The summed E-state index contributed by atoms with van der Waals surface area (Å²) in [5.74, 6) is -1.50. The second-order valence-electron chi connectivity index (χ2n) is 4.87. The number of fused-ring (bicyclic) bond motifs is 1. The van der Waals surface area contributed by atoms with Crippen LogP contribution in [0.5, 0.6) is 0 Å². The number of likely N-dealkylation sites (tertiary alicyclic amines) is 1. The average Bonchev–Trinajstić information content (AvgIpc) is 3.02. The maximum atomic E-state index is 12.4. The highest BCUT2D eigenvalue weighted by molar-refractivity contribution is 5.99. The Morgan fingerprint density at radius 2 is 2.20 bits per heavy atom. The number of nitrogens with one attached hydrogen (secondary N) is 1. The van der Waals surface area contributed by atoms with Crippen LogP contribution in [0.2, 0.25) is 0 Å². The second-order valence-corrected chi connectivity index (χ2v) is 4.87. The SMILES string of the molecule is O=C(O)C1CC(O)CN1C(=O)c1ccc2cn[nH]c2c1. The Kier molecular flexibility index (Phi) is 2.90. The number of amides is 1. The van der Waals surface area contributed by atoms with Crippen LogP contribution in [0, 0.1) is 0 Å². The van der Waals surface area contributed by atoms with Gasteiger partial charge in [-0.1, -0.05) is 6.07 Å². The van der Waals surface area contributed by atoms with Crippen LogP contribution in [0.1, 0.15) is 16.8 Å². The molecule has 0 saturated carbocycles. The number of aliphatic hydroxyl groups is 1. The fourth-order valence-electron chi connectivity index (χ4n) is 2.51. The molecule has 1 aliphatic rings. The molecule has 1 aliphatic heterocycles. The standard InChI is InChI=1S/C13H13N3O4/c17-9-4-11(13(19)20)16(6-9)12(18)7-1-2-8-5-14-15-10(8)3-7/h1-3,5,9,11,17H,4,6H2,(H,14,15)(H,19,20). The predicted octanol–water partition coefficient (Wildman–Crippen LogP) is 0.223. The number of rotatable bonds is 2. The zero-order valence-electron chi connectivity index (χ0n) is 10.5. The summed E-state index contributed by atoms with van der Waals surface area (Å²) >= 11 is 0. The quantitative estimate of drug-likeness (QED) is 0.727. The third kappa shape index (κ3) is 2.01. The highest BCUT2D eigenvalue weighted by Crippen LogP contribution is 2.22. The Hall–Kier alpha value is -2.41. The van der Waals surface area contributed by atoms with Crippen LogP contribution in [0.25, 0.3) is 10.9 Å². The molecular weight excluding hydrogens is 262 g/mol. The maximum absolute atomic E-state index is 12.4. The molecule has 2 aromatic rings. The number of hydrogen-bond donors (Lipinski definition) is 3. The minimum Gasteiger partial charge on any atom is -0.480 e. The van der Waals surface area contributed by atoms with Crippen LogP contribution in [0.4, 0.5) is 0 Å². The highest BCUT2D eigenvalue weighted by atomic mass is 16.4. The van der Waals surface area contributed by atoms with Gasteiger partial charge >= 0.3 is 5.97 Å². The lowest BCUT2D eigenvalue weighted by Gasteiger charge is -2.21. The summed E-state index contributed by atoms with van der Waals surface area (Å²) in [5, 5.41) is 26.2. The Labute approximate surface area is 113 Å². The molecule has 2 unspecified atom stereocenters. The topological polar surface area (TPSA) is 107 Å². The molecule has 20 heavy (non-hydrogen) atoms. The fraction of sp³-hybridized carbons (Fsp3) is 0.308. The van der Waals surface area contributed by atoms with Gasteiger partial charge in [0.2, 0.25) is 0 Å². The van der Waals surface area contributed by atoms with E-state index in [0.717, 1.165) is 5.39 Å². The van der Waals surface area contributed by atoms with Crippen molar-refractivity contribution >= 4 is 22.8 Å². The lowest BCUT2D eigenvalue weighted by molar-refractivity contribution is -0.141. The first-order chi connectivity index (χ1) is 9.56. The molecule has 0 spiro atoms. The molecular formula is C13H13N3O4. The summed E-state index contributed by atoms with van der Waals surface area (Å²) < 4.78 is 0. The Bertz CT molecular complexity index is 681. The monoisotopic (exact) mass is 275 g/mol. The molecule has 7 nitrogen and oxygen atoms in total. The van der Waals surface area contributed by atoms with Crippen molar-refractivity contribution in [2.24, 2.45) is 0 Å². The molecule has 2 heterocycles. The van der Waals surface area contributed by atoms with Gasteiger partial charge in [0.15, 0.2) is 0 Å². The maximum Gasteiger partial charge on any atom is 0.326 e. The molecule has 1 aromatic heterocycles. The summed E-state index contributed by atoms with van der Waals surface area (Å²) in [7, 11) is 0. The number of carbonyl (C=O) groups is 2. The van der Waals surface area contributed by atoms with Gasteiger partial charge in [-0.05, 0) is 12.1 Å². The molecule has 104 valence electrons. The number of nitrogens with zero attached hydrogens (tertiary/aromatic N) is 2. The lowest BCUT2D eigenvalue weighted by atomic mass is 10.1. The molecule has 0 aliphatic carbocycles. The van der Waals surface area contributed by atoms with E-state index in [2.05, 4.69) is 10.2 Å². The van der Waals surface area contributed by atoms with Gasteiger partial charge in [0.1, 0.15) is 6.04 Å². The third-order valence-electron chi connectivity index (χ3n) is 3.51. The second kappa shape index (κ2) is 4.61. The molecule has 3 N–H and O–H groups in total. The number of β-amino-alcohol motifs (C(OH)–C–C–N with tert-alkyl or cyclic N) is 1. The Balaban J connectivity index is 1.92. The molecule has 0 radical (unpaired) electrons. The third-order valence-corrected chi connectivity index (χ3v) is 3.51. The average molecular weight is 275 g/mol. The smallest absolute Gasteiger partial charge is 0.326 e. The number of aliphatic carboxylic acids is 1.